The third-order valence-corrected chi connectivity index (χ3v) is 3.06. The van der Waals surface area contributed by atoms with Gasteiger partial charge < -0.3 is 9.55 Å². The van der Waals surface area contributed by atoms with Gasteiger partial charge in [-0.15, -0.1) is 0 Å². The number of aryl methyl sites for hydroxylation is 1. The summed E-state index contributed by atoms with van der Waals surface area (Å²) in [6.45, 7) is 0.853. The second-order valence-corrected chi connectivity index (χ2v) is 4.15. The van der Waals surface area contributed by atoms with E-state index < -0.39 is 0 Å². The smallest absolute Gasteiger partial charge is 0.230 e. The molecule has 0 aliphatic carbocycles. The van der Waals surface area contributed by atoms with Crippen LogP contribution in [0.15, 0.2) is 24.8 Å². The SMILES string of the molecule is O=C(Nc1ncc[nH]1)C1CCn2ccnc2C1. The molecule has 1 unspecified atom stereocenters. The van der Waals surface area contributed by atoms with Gasteiger partial charge in [0, 0.05) is 43.7 Å². The molecule has 0 fully saturated rings. The van der Waals surface area contributed by atoms with Gasteiger partial charge in [0.2, 0.25) is 11.9 Å². The first-order chi connectivity index (χ1) is 8.33. The van der Waals surface area contributed by atoms with E-state index in [1.807, 2.05) is 6.20 Å². The topological polar surface area (TPSA) is 75.6 Å². The normalized spacial score (nSPS) is 18.7. The summed E-state index contributed by atoms with van der Waals surface area (Å²) < 4.78 is 2.09. The van der Waals surface area contributed by atoms with Gasteiger partial charge in [-0.3, -0.25) is 10.1 Å². The number of imidazole rings is 2. The van der Waals surface area contributed by atoms with Gasteiger partial charge in [-0.25, -0.2) is 9.97 Å². The largest absolute Gasteiger partial charge is 0.335 e. The van der Waals surface area contributed by atoms with Crippen molar-refractivity contribution in [2.45, 2.75) is 19.4 Å². The van der Waals surface area contributed by atoms with Crippen LogP contribution in [0.3, 0.4) is 0 Å². The molecule has 2 aromatic rings. The Morgan fingerprint density at radius 3 is 3.24 bits per heavy atom. The number of hydrogen-bond acceptors (Lipinski definition) is 3. The molecule has 17 heavy (non-hydrogen) atoms. The number of amides is 1. The number of rotatable bonds is 2. The summed E-state index contributed by atoms with van der Waals surface area (Å²) in [5.41, 5.74) is 0. The quantitative estimate of drug-likeness (QED) is 0.803. The van der Waals surface area contributed by atoms with Gasteiger partial charge in [0.05, 0.1) is 0 Å². The maximum atomic E-state index is 12.0. The fraction of sp³-hybridized carbons (Fsp3) is 0.364. The molecule has 2 aromatic heterocycles. The summed E-state index contributed by atoms with van der Waals surface area (Å²) in [5, 5.41) is 2.77. The Morgan fingerprint density at radius 2 is 2.41 bits per heavy atom. The molecule has 1 aliphatic rings. The Balaban J connectivity index is 1.68. The molecule has 0 saturated heterocycles. The van der Waals surface area contributed by atoms with E-state index in [-0.39, 0.29) is 11.8 Å². The molecule has 6 heteroatoms. The summed E-state index contributed by atoms with van der Waals surface area (Å²) in [5.74, 6) is 1.48. The van der Waals surface area contributed by atoms with E-state index in [9.17, 15) is 4.79 Å². The zero-order valence-electron chi connectivity index (χ0n) is 9.26. The number of carbonyl (C=O) groups is 1. The third-order valence-electron chi connectivity index (χ3n) is 3.06. The number of anilines is 1. The Morgan fingerprint density at radius 1 is 1.47 bits per heavy atom. The molecule has 3 heterocycles. The van der Waals surface area contributed by atoms with Crippen LogP contribution < -0.4 is 5.32 Å². The summed E-state index contributed by atoms with van der Waals surface area (Å²) >= 11 is 0. The highest BCUT2D eigenvalue weighted by Crippen LogP contribution is 2.20. The van der Waals surface area contributed by atoms with Crippen molar-refractivity contribution in [1.29, 1.82) is 0 Å². The van der Waals surface area contributed by atoms with Crippen LogP contribution in [0.5, 0.6) is 0 Å². The van der Waals surface area contributed by atoms with E-state index in [4.69, 9.17) is 0 Å². The monoisotopic (exact) mass is 231 g/mol. The predicted molar refractivity (Wildman–Crippen MR) is 61.3 cm³/mol. The highest BCUT2D eigenvalue weighted by molar-refractivity contribution is 5.91. The fourth-order valence-electron chi connectivity index (χ4n) is 2.13. The Bertz CT molecular complexity index is 516. The van der Waals surface area contributed by atoms with Crippen LogP contribution in [0.1, 0.15) is 12.2 Å². The van der Waals surface area contributed by atoms with Gasteiger partial charge >= 0.3 is 0 Å². The molecule has 1 atom stereocenters. The first-order valence-electron chi connectivity index (χ1n) is 5.63. The van der Waals surface area contributed by atoms with Gasteiger partial charge in [0.15, 0.2) is 0 Å². The highest BCUT2D eigenvalue weighted by Gasteiger charge is 2.25. The van der Waals surface area contributed by atoms with Crippen LogP contribution in [-0.2, 0) is 17.8 Å². The van der Waals surface area contributed by atoms with E-state index in [1.54, 1.807) is 18.6 Å². The molecule has 1 aliphatic heterocycles. The molecular weight excluding hydrogens is 218 g/mol. The number of aromatic nitrogens is 4. The van der Waals surface area contributed by atoms with Crippen LogP contribution in [0.4, 0.5) is 5.95 Å². The number of fused-ring (bicyclic) bond motifs is 1. The van der Waals surface area contributed by atoms with E-state index in [1.165, 1.54) is 0 Å². The average molecular weight is 231 g/mol. The molecule has 1 amide bonds. The van der Waals surface area contributed by atoms with E-state index >= 15 is 0 Å². The van der Waals surface area contributed by atoms with Crippen molar-refractivity contribution in [2.24, 2.45) is 5.92 Å². The van der Waals surface area contributed by atoms with Gasteiger partial charge in [0.1, 0.15) is 5.82 Å². The minimum atomic E-state index is -0.0185. The summed E-state index contributed by atoms with van der Waals surface area (Å²) in [6.07, 6.45) is 8.57. The second kappa shape index (κ2) is 4.04. The van der Waals surface area contributed by atoms with Crippen LogP contribution in [0.2, 0.25) is 0 Å². The maximum absolute atomic E-state index is 12.0. The van der Waals surface area contributed by atoms with Gasteiger partial charge in [-0.2, -0.15) is 0 Å². The molecule has 3 rings (SSSR count). The Kier molecular flexibility index (Phi) is 2.40. The van der Waals surface area contributed by atoms with Crippen molar-refractivity contribution >= 4 is 11.9 Å². The van der Waals surface area contributed by atoms with Crippen molar-refractivity contribution < 1.29 is 4.79 Å². The predicted octanol–water partition coefficient (Wildman–Crippen LogP) is 0.807. The average Bonchev–Trinajstić information content (AvgIpc) is 2.97. The van der Waals surface area contributed by atoms with Crippen molar-refractivity contribution in [3.63, 3.8) is 0 Å². The third kappa shape index (κ3) is 1.93. The minimum absolute atomic E-state index is 0.00852. The number of nitrogens with zero attached hydrogens (tertiary/aromatic N) is 3. The standard InChI is InChI=1S/C11H13N5O/c17-10(15-11-13-2-3-14-11)8-1-5-16-6-4-12-9(16)7-8/h2-4,6,8H,1,5,7H2,(H2,13,14,15,17). The number of aromatic amines is 1. The van der Waals surface area contributed by atoms with Crippen LogP contribution in [0, 0.1) is 5.92 Å². The molecule has 0 spiro atoms. The van der Waals surface area contributed by atoms with Gasteiger partial charge in [-0.1, -0.05) is 0 Å². The molecule has 0 aromatic carbocycles. The van der Waals surface area contributed by atoms with E-state index in [2.05, 4.69) is 24.8 Å². The van der Waals surface area contributed by atoms with Crippen molar-refractivity contribution in [3.8, 4) is 0 Å². The minimum Gasteiger partial charge on any atom is -0.335 e. The van der Waals surface area contributed by atoms with Crippen molar-refractivity contribution in [1.82, 2.24) is 19.5 Å². The zero-order chi connectivity index (χ0) is 11.7. The van der Waals surface area contributed by atoms with Crippen LogP contribution in [0.25, 0.3) is 0 Å². The first-order valence-corrected chi connectivity index (χ1v) is 5.63. The molecule has 0 saturated carbocycles. The zero-order valence-corrected chi connectivity index (χ0v) is 9.26. The molecule has 2 N–H and O–H groups in total. The second-order valence-electron chi connectivity index (χ2n) is 4.15. The maximum Gasteiger partial charge on any atom is 0.230 e. The molecule has 0 bridgehead atoms. The first kappa shape index (κ1) is 10.1. The number of nitrogens with one attached hydrogen (secondary N) is 2. The fourth-order valence-corrected chi connectivity index (χ4v) is 2.13. The Labute approximate surface area is 98.1 Å². The van der Waals surface area contributed by atoms with Gasteiger partial charge in [-0.05, 0) is 6.42 Å². The van der Waals surface area contributed by atoms with Crippen LogP contribution in [-0.4, -0.2) is 25.4 Å². The molecule has 88 valence electrons. The molecule has 6 nitrogen and oxygen atoms in total. The number of H-pyrrole nitrogens is 1. The lowest BCUT2D eigenvalue weighted by Gasteiger charge is -2.21. The molecule has 0 radical (unpaired) electrons. The lowest BCUT2D eigenvalue weighted by molar-refractivity contribution is -0.120. The van der Waals surface area contributed by atoms with E-state index in [0.717, 1.165) is 18.8 Å². The lowest BCUT2D eigenvalue weighted by atomic mass is 9.97. The summed E-state index contributed by atoms with van der Waals surface area (Å²) in [7, 11) is 0. The van der Waals surface area contributed by atoms with Crippen molar-refractivity contribution in [3.05, 3.63) is 30.6 Å². The number of hydrogen-bond donors (Lipinski definition) is 2. The van der Waals surface area contributed by atoms with Crippen LogP contribution >= 0.6 is 0 Å². The summed E-state index contributed by atoms with van der Waals surface area (Å²) in [6, 6.07) is 0. The lowest BCUT2D eigenvalue weighted by Crippen LogP contribution is -2.30. The van der Waals surface area contributed by atoms with Gasteiger partial charge in [0.25, 0.3) is 0 Å². The Hall–Kier alpha value is -2.11. The number of carbonyl (C=O) groups excluding carboxylic acids is 1. The molecular formula is C11H13N5O. The van der Waals surface area contributed by atoms with E-state index in [0.29, 0.717) is 12.4 Å². The summed E-state index contributed by atoms with van der Waals surface area (Å²) in [4.78, 5) is 23.1. The highest BCUT2D eigenvalue weighted by atomic mass is 16.2. The van der Waals surface area contributed by atoms with Crippen molar-refractivity contribution in [2.75, 3.05) is 5.32 Å².